The predicted octanol–water partition coefficient (Wildman–Crippen LogP) is 1.50. The Morgan fingerprint density at radius 3 is 3.06 bits per heavy atom. The van der Waals surface area contributed by atoms with E-state index < -0.39 is 0 Å². The third-order valence-electron chi connectivity index (χ3n) is 2.73. The van der Waals surface area contributed by atoms with Crippen LogP contribution in [0.1, 0.15) is 32.6 Å². The standard InChI is InChI=1S/C12H25N3O2.HI/c1-2-16-9-4-7-14-12(13)15-8-6-11-5-3-10-17-11;/h11H,2-10H2,1H3,(H3,13,14,15);1H. The van der Waals surface area contributed by atoms with Crippen molar-refractivity contribution in [3.63, 3.8) is 0 Å². The fourth-order valence-electron chi connectivity index (χ4n) is 1.80. The SMILES string of the molecule is CCOCCCN=C(N)NCCC1CCCO1.I. The largest absolute Gasteiger partial charge is 0.382 e. The molecular weight excluding hydrogens is 345 g/mol. The first-order valence-electron chi connectivity index (χ1n) is 6.56. The number of nitrogens with one attached hydrogen (secondary N) is 1. The highest BCUT2D eigenvalue weighted by molar-refractivity contribution is 14.0. The number of rotatable bonds is 8. The molecule has 1 aliphatic heterocycles. The monoisotopic (exact) mass is 371 g/mol. The van der Waals surface area contributed by atoms with Crippen LogP contribution in [-0.2, 0) is 9.47 Å². The molecule has 5 nitrogen and oxygen atoms in total. The molecule has 0 bridgehead atoms. The van der Waals surface area contributed by atoms with E-state index in [1.54, 1.807) is 0 Å². The van der Waals surface area contributed by atoms with Crippen LogP contribution >= 0.6 is 24.0 Å². The molecule has 1 saturated heterocycles. The number of hydrogen-bond donors (Lipinski definition) is 2. The van der Waals surface area contributed by atoms with E-state index in [4.69, 9.17) is 15.2 Å². The average molecular weight is 371 g/mol. The van der Waals surface area contributed by atoms with Crippen LogP contribution in [0.5, 0.6) is 0 Å². The minimum Gasteiger partial charge on any atom is -0.382 e. The summed E-state index contributed by atoms with van der Waals surface area (Å²) in [6.07, 6.45) is 4.70. The van der Waals surface area contributed by atoms with E-state index in [0.29, 0.717) is 12.1 Å². The molecule has 18 heavy (non-hydrogen) atoms. The molecule has 0 aliphatic carbocycles. The van der Waals surface area contributed by atoms with Crippen molar-refractivity contribution in [2.45, 2.75) is 38.7 Å². The molecule has 0 aromatic rings. The Balaban J connectivity index is 0.00000289. The van der Waals surface area contributed by atoms with Gasteiger partial charge in [-0.25, -0.2) is 0 Å². The van der Waals surface area contributed by atoms with E-state index in [0.717, 1.165) is 45.8 Å². The number of nitrogens with zero attached hydrogens (tertiary/aromatic N) is 1. The van der Waals surface area contributed by atoms with Gasteiger partial charge in [0, 0.05) is 32.9 Å². The zero-order valence-corrected chi connectivity index (χ0v) is 13.5. The molecule has 1 unspecified atom stereocenters. The maximum atomic E-state index is 5.73. The zero-order valence-electron chi connectivity index (χ0n) is 11.2. The maximum absolute atomic E-state index is 5.73. The van der Waals surface area contributed by atoms with Gasteiger partial charge in [-0.15, -0.1) is 24.0 Å². The van der Waals surface area contributed by atoms with E-state index in [1.165, 1.54) is 12.8 Å². The zero-order chi connectivity index (χ0) is 12.3. The number of ether oxygens (including phenoxy) is 2. The summed E-state index contributed by atoms with van der Waals surface area (Å²) in [5, 5.41) is 3.11. The van der Waals surface area contributed by atoms with Crippen molar-refractivity contribution in [1.82, 2.24) is 5.32 Å². The van der Waals surface area contributed by atoms with Gasteiger partial charge in [-0.05, 0) is 32.6 Å². The lowest BCUT2D eigenvalue weighted by atomic mass is 10.2. The van der Waals surface area contributed by atoms with Crippen molar-refractivity contribution in [3.8, 4) is 0 Å². The Labute approximate surface area is 127 Å². The van der Waals surface area contributed by atoms with Gasteiger partial charge in [-0.2, -0.15) is 0 Å². The summed E-state index contributed by atoms with van der Waals surface area (Å²) < 4.78 is 10.7. The van der Waals surface area contributed by atoms with E-state index in [1.807, 2.05) is 6.92 Å². The van der Waals surface area contributed by atoms with E-state index in [9.17, 15) is 0 Å². The van der Waals surface area contributed by atoms with Crippen molar-refractivity contribution in [2.75, 3.05) is 32.9 Å². The molecule has 1 atom stereocenters. The first-order chi connectivity index (χ1) is 8.33. The first-order valence-corrected chi connectivity index (χ1v) is 6.56. The van der Waals surface area contributed by atoms with Crippen molar-refractivity contribution in [3.05, 3.63) is 0 Å². The van der Waals surface area contributed by atoms with Crippen LogP contribution in [0.15, 0.2) is 4.99 Å². The molecule has 6 heteroatoms. The van der Waals surface area contributed by atoms with Crippen LogP contribution in [0.3, 0.4) is 0 Å². The average Bonchev–Trinajstić information content (AvgIpc) is 2.82. The summed E-state index contributed by atoms with van der Waals surface area (Å²) in [6, 6.07) is 0. The second kappa shape index (κ2) is 12.0. The minimum atomic E-state index is 0. The van der Waals surface area contributed by atoms with Gasteiger partial charge in [-0.1, -0.05) is 0 Å². The Morgan fingerprint density at radius 2 is 2.39 bits per heavy atom. The fourth-order valence-corrected chi connectivity index (χ4v) is 1.80. The van der Waals surface area contributed by atoms with Crippen LogP contribution in [0.4, 0.5) is 0 Å². The quantitative estimate of drug-likeness (QED) is 0.294. The minimum absolute atomic E-state index is 0. The topological polar surface area (TPSA) is 68.9 Å². The molecular formula is C12H26IN3O2. The van der Waals surface area contributed by atoms with Crippen LogP contribution in [-0.4, -0.2) is 45.0 Å². The lowest BCUT2D eigenvalue weighted by Gasteiger charge is -2.10. The number of aliphatic imine (C=N–C) groups is 1. The second-order valence-corrected chi connectivity index (χ2v) is 4.17. The Kier molecular flexibility index (Phi) is 11.9. The Bertz CT molecular complexity index is 221. The summed E-state index contributed by atoms with van der Waals surface area (Å²) in [4.78, 5) is 4.22. The molecule has 108 valence electrons. The molecule has 1 heterocycles. The number of nitrogens with two attached hydrogens (primary N) is 1. The van der Waals surface area contributed by atoms with Crippen molar-refractivity contribution < 1.29 is 9.47 Å². The van der Waals surface area contributed by atoms with Crippen molar-refractivity contribution in [1.29, 1.82) is 0 Å². The van der Waals surface area contributed by atoms with Gasteiger partial charge in [0.05, 0.1) is 6.10 Å². The van der Waals surface area contributed by atoms with Crippen LogP contribution in [0.25, 0.3) is 0 Å². The van der Waals surface area contributed by atoms with Gasteiger partial charge in [0.25, 0.3) is 0 Å². The molecule has 1 fully saturated rings. The van der Waals surface area contributed by atoms with Gasteiger partial charge in [0.2, 0.25) is 0 Å². The first kappa shape index (κ1) is 17.9. The Hall–Kier alpha value is -0.0800. The molecule has 3 N–H and O–H groups in total. The van der Waals surface area contributed by atoms with Gasteiger partial charge in [-0.3, -0.25) is 4.99 Å². The molecule has 0 amide bonds. The molecule has 0 aromatic heterocycles. The van der Waals surface area contributed by atoms with Gasteiger partial charge in [0.15, 0.2) is 5.96 Å². The van der Waals surface area contributed by atoms with E-state index in [-0.39, 0.29) is 24.0 Å². The summed E-state index contributed by atoms with van der Waals surface area (Å²) in [5.74, 6) is 0.527. The normalized spacial score (nSPS) is 19.6. The number of halogens is 1. The van der Waals surface area contributed by atoms with Crippen molar-refractivity contribution in [2.24, 2.45) is 10.7 Å². The summed E-state index contributed by atoms with van der Waals surface area (Å²) in [5.41, 5.74) is 5.73. The highest BCUT2D eigenvalue weighted by Gasteiger charge is 2.14. The van der Waals surface area contributed by atoms with Gasteiger partial charge in [0.1, 0.15) is 0 Å². The molecule has 0 radical (unpaired) electrons. The lowest BCUT2D eigenvalue weighted by Crippen LogP contribution is -2.34. The molecule has 1 aliphatic rings. The summed E-state index contributed by atoms with van der Waals surface area (Å²) >= 11 is 0. The van der Waals surface area contributed by atoms with E-state index >= 15 is 0 Å². The van der Waals surface area contributed by atoms with Crippen LogP contribution in [0.2, 0.25) is 0 Å². The van der Waals surface area contributed by atoms with Crippen LogP contribution < -0.4 is 11.1 Å². The molecule has 0 saturated carbocycles. The highest BCUT2D eigenvalue weighted by atomic mass is 127. The van der Waals surface area contributed by atoms with Gasteiger partial charge >= 0.3 is 0 Å². The molecule has 1 rings (SSSR count). The highest BCUT2D eigenvalue weighted by Crippen LogP contribution is 2.14. The van der Waals surface area contributed by atoms with Crippen LogP contribution in [0, 0.1) is 0 Å². The third-order valence-corrected chi connectivity index (χ3v) is 2.73. The number of hydrogen-bond acceptors (Lipinski definition) is 3. The predicted molar refractivity (Wildman–Crippen MR) is 84.6 cm³/mol. The maximum Gasteiger partial charge on any atom is 0.188 e. The van der Waals surface area contributed by atoms with Crippen molar-refractivity contribution >= 4 is 29.9 Å². The smallest absolute Gasteiger partial charge is 0.188 e. The fraction of sp³-hybridized carbons (Fsp3) is 0.917. The summed E-state index contributed by atoms with van der Waals surface area (Å²) in [7, 11) is 0. The number of guanidine groups is 1. The Morgan fingerprint density at radius 1 is 1.56 bits per heavy atom. The van der Waals surface area contributed by atoms with E-state index in [2.05, 4.69) is 10.3 Å². The molecule has 0 spiro atoms. The second-order valence-electron chi connectivity index (χ2n) is 4.17. The summed E-state index contributed by atoms with van der Waals surface area (Å²) in [6.45, 7) is 5.97. The molecule has 0 aromatic carbocycles. The lowest BCUT2D eigenvalue weighted by molar-refractivity contribution is 0.105. The van der Waals surface area contributed by atoms with Gasteiger partial charge < -0.3 is 20.5 Å². The third kappa shape index (κ3) is 8.93.